The maximum absolute atomic E-state index is 12.4. The zero-order chi connectivity index (χ0) is 22.5. The molecule has 7 nitrogen and oxygen atoms in total. The lowest BCUT2D eigenvalue weighted by molar-refractivity contribution is 0.102. The first-order valence-electron chi connectivity index (χ1n) is 10.1. The summed E-state index contributed by atoms with van der Waals surface area (Å²) in [6.07, 6.45) is 5.16. The summed E-state index contributed by atoms with van der Waals surface area (Å²) in [4.78, 5) is 20.6. The lowest BCUT2D eigenvalue weighted by Gasteiger charge is -2.10. The Balaban J connectivity index is 1.35. The molecule has 0 spiro atoms. The predicted molar refractivity (Wildman–Crippen MR) is 131 cm³/mol. The van der Waals surface area contributed by atoms with Crippen LogP contribution in [0.15, 0.2) is 95.9 Å². The quantitative estimate of drug-likeness (QED) is 0.324. The van der Waals surface area contributed by atoms with Crippen molar-refractivity contribution in [1.82, 2.24) is 24.7 Å². The fourth-order valence-corrected chi connectivity index (χ4v) is 4.65. The van der Waals surface area contributed by atoms with Crippen LogP contribution in [0.1, 0.15) is 15.9 Å². The Morgan fingerprint density at radius 3 is 2.45 bits per heavy atom. The molecule has 1 N–H and O–H groups in total. The molecule has 0 saturated heterocycles. The van der Waals surface area contributed by atoms with Gasteiger partial charge in [0.2, 0.25) is 0 Å². The highest BCUT2D eigenvalue weighted by Gasteiger charge is 2.16. The lowest BCUT2D eigenvalue weighted by Crippen LogP contribution is -2.11. The van der Waals surface area contributed by atoms with Gasteiger partial charge >= 0.3 is 0 Å². The molecule has 0 aliphatic carbocycles. The Bertz CT molecular complexity index is 1340. The van der Waals surface area contributed by atoms with E-state index in [0.29, 0.717) is 16.4 Å². The van der Waals surface area contributed by atoms with E-state index in [9.17, 15) is 4.79 Å². The summed E-state index contributed by atoms with van der Waals surface area (Å²) < 4.78 is 2.05. The molecule has 9 heteroatoms. The van der Waals surface area contributed by atoms with Crippen molar-refractivity contribution in [2.75, 3.05) is 5.32 Å². The first-order valence-corrected chi connectivity index (χ1v) is 12.0. The van der Waals surface area contributed by atoms with Crippen LogP contribution in [0.25, 0.3) is 17.1 Å². The van der Waals surface area contributed by atoms with Gasteiger partial charge in [-0.3, -0.25) is 19.7 Å². The standard InChI is InChI=1S/C24H18N6OS2/c31-22(27-23-26-14-15-32-23)19-8-6-17(7-9-19)16-33-24-29-28-21(18-10-12-25-13-11-18)30(24)20-4-2-1-3-5-20/h1-15H,16H2,(H,26,27,31). The molecule has 5 rings (SSSR count). The van der Waals surface area contributed by atoms with Gasteiger partial charge in [0.15, 0.2) is 16.1 Å². The van der Waals surface area contributed by atoms with Crippen molar-refractivity contribution in [1.29, 1.82) is 0 Å². The number of amides is 1. The van der Waals surface area contributed by atoms with Crippen molar-refractivity contribution in [3.63, 3.8) is 0 Å². The fraction of sp³-hybridized carbons (Fsp3) is 0.0417. The second-order valence-corrected chi connectivity index (χ2v) is 8.83. The number of benzene rings is 2. The molecule has 3 aromatic heterocycles. The molecule has 0 aliphatic heterocycles. The van der Waals surface area contributed by atoms with E-state index in [4.69, 9.17) is 0 Å². The van der Waals surface area contributed by atoms with Crippen molar-refractivity contribution in [2.45, 2.75) is 10.9 Å². The van der Waals surface area contributed by atoms with Gasteiger partial charge in [0, 0.05) is 46.5 Å². The summed E-state index contributed by atoms with van der Waals surface area (Å²) in [5.74, 6) is 1.28. The molecule has 0 bridgehead atoms. The summed E-state index contributed by atoms with van der Waals surface area (Å²) >= 11 is 2.98. The number of nitrogens with zero attached hydrogens (tertiary/aromatic N) is 5. The van der Waals surface area contributed by atoms with Crippen molar-refractivity contribution >= 4 is 34.1 Å². The number of anilines is 1. The third kappa shape index (κ3) is 4.84. The summed E-state index contributed by atoms with van der Waals surface area (Å²) in [6, 6.07) is 21.5. The van der Waals surface area contributed by atoms with Gasteiger partial charge in [-0.05, 0) is 42.0 Å². The van der Waals surface area contributed by atoms with E-state index < -0.39 is 0 Å². The van der Waals surface area contributed by atoms with Crippen LogP contribution in [0.3, 0.4) is 0 Å². The smallest absolute Gasteiger partial charge is 0.257 e. The second kappa shape index (κ2) is 9.76. The fourth-order valence-electron chi connectivity index (χ4n) is 3.22. The van der Waals surface area contributed by atoms with E-state index in [2.05, 4.69) is 30.0 Å². The molecule has 33 heavy (non-hydrogen) atoms. The molecule has 3 heterocycles. The number of aromatic nitrogens is 5. The first kappa shape index (κ1) is 21.0. The molecular weight excluding hydrogens is 452 g/mol. The molecule has 0 aliphatic rings. The zero-order valence-corrected chi connectivity index (χ0v) is 19.0. The maximum atomic E-state index is 12.4. The molecule has 162 valence electrons. The van der Waals surface area contributed by atoms with Gasteiger partial charge in [-0.25, -0.2) is 4.98 Å². The third-order valence-electron chi connectivity index (χ3n) is 4.82. The van der Waals surface area contributed by atoms with Crippen LogP contribution in [-0.4, -0.2) is 30.6 Å². The minimum Gasteiger partial charge on any atom is -0.298 e. The van der Waals surface area contributed by atoms with Gasteiger partial charge in [-0.1, -0.05) is 42.1 Å². The van der Waals surface area contributed by atoms with E-state index in [1.54, 1.807) is 30.4 Å². The van der Waals surface area contributed by atoms with Gasteiger partial charge in [0.1, 0.15) is 0 Å². The summed E-state index contributed by atoms with van der Waals surface area (Å²) in [6.45, 7) is 0. The van der Waals surface area contributed by atoms with Gasteiger partial charge in [0.05, 0.1) is 0 Å². The van der Waals surface area contributed by atoms with Crippen molar-refractivity contribution in [3.05, 3.63) is 102 Å². The van der Waals surface area contributed by atoms with Gasteiger partial charge < -0.3 is 0 Å². The van der Waals surface area contributed by atoms with Crippen LogP contribution in [0.5, 0.6) is 0 Å². The van der Waals surface area contributed by atoms with Crippen LogP contribution in [0.2, 0.25) is 0 Å². The van der Waals surface area contributed by atoms with Crippen LogP contribution < -0.4 is 5.32 Å². The highest BCUT2D eigenvalue weighted by Crippen LogP contribution is 2.29. The SMILES string of the molecule is O=C(Nc1nccs1)c1ccc(CSc2nnc(-c3ccncc3)n2-c2ccccc2)cc1. The average Bonchev–Trinajstić information content (AvgIpc) is 3.54. The number of carbonyl (C=O) groups is 1. The largest absolute Gasteiger partial charge is 0.298 e. The second-order valence-electron chi connectivity index (χ2n) is 6.99. The van der Waals surface area contributed by atoms with Crippen molar-refractivity contribution in [2.24, 2.45) is 0 Å². The summed E-state index contributed by atoms with van der Waals surface area (Å²) in [5.41, 5.74) is 3.61. The number of thioether (sulfide) groups is 1. The Kier molecular flexibility index (Phi) is 6.23. The minimum atomic E-state index is -0.171. The summed E-state index contributed by atoms with van der Waals surface area (Å²) in [5, 5.41) is 14.9. The first-order chi connectivity index (χ1) is 16.3. The van der Waals surface area contributed by atoms with E-state index in [1.807, 2.05) is 72.1 Å². The molecule has 0 radical (unpaired) electrons. The monoisotopic (exact) mass is 470 g/mol. The number of nitrogens with one attached hydrogen (secondary N) is 1. The Labute approximate surface area is 198 Å². The topological polar surface area (TPSA) is 85.6 Å². The molecule has 0 unspecified atom stereocenters. The Morgan fingerprint density at radius 2 is 1.73 bits per heavy atom. The molecule has 0 saturated carbocycles. The van der Waals surface area contributed by atoms with Gasteiger partial charge in [0.25, 0.3) is 5.91 Å². The number of hydrogen-bond donors (Lipinski definition) is 1. The summed E-state index contributed by atoms with van der Waals surface area (Å²) in [7, 11) is 0. The minimum absolute atomic E-state index is 0.171. The van der Waals surface area contributed by atoms with Crippen molar-refractivity contribution < 1.29 is 4.79 Å². The number of thiazole rings is 1. The lowest BCUT2D eigenvalue weighted by atomic mass is 10.1. The Hall–Kier alpha value is -3.82. The third-order valence-corrected chi connectivity index (χ3v) is 6.51. The highest BCUT2D eigenvalue weighted by atomic mass is 32.2. The molecule has 5 aromatic rings. The van der Waals surface area contributed by atoms with E-state index in [-0.39, 0.29) is 5.91 Å². The number of carbonyl (C=O) groups excluding carboxylic acids is 1. The van der Waals surface area contributed by atoms with Crippen LogP contribution >= 0.6 is 23.1 Å². The van der Waals surface area contributed by atoms with Gasteiger partial charge in [-0.15, -0.1) is 21.5 Å². The number of hydrogen-bond acceptors (Lipinski definition) is 7. The van der Waals surface area contributed by atoms with Crippen LogP contribution in [0, 0.1) is 0 Å². The maximum Gasteiger partial charge on any atom is 0.257 e. The highest BCUT2D eigenvalue weighted by molar-refractivity contribution is 7.98. The van der Waals surface area contributed by atoms with Crippen LogP contribution in [0.4, 0.5) is 5.13 Å². The number of pyridine rings is 1. The van der Waals surface area contributed by atoms with Crippen LogP contribution in [-0.2, 0) is 5.75 Å². The zero-order valence-electron chi connectivity index (χ0n) is 17.3. The Morgan fingerprint density at radius 1 is 0.939 bits per heavy atom. The number of rotatable bonds is 7. The normalized spacial score (nSPS) is 10.8. The van der Waals surface area contributed by atoms with Crippen molar-refractivity contribution in [3.8, 4) is 17.1 Å². The molecular formula is C24H18N6OS2. The molecule has 0 atom stereocenters. The molecule has 1 amide bonds. The molecule has 0 fully saturated rings. The number of para-hydroxylation sites is 1. The van der Waals surface area contributed by atoms with E-state index >= 15 is 0 Å². The van der Waals surface area contributed by atoms with E-state index in [0.717, 1.165) is 27.8 Å². The molecule has 2 aromatic carbocycles. The predicted octanol–water partition coefficient (Wildman–Crippen LogP) is 5.33. The average molecular weight is 471 g/mol. The van der Waals surface area contributed by atoms with E-state index in [1.165, 1.54) is 11.3 Å². The van der Waals surface area contributed by atoms with Gasteiger partial charge in [-0.2, -0.15) is 0 Å².